The maximum atomic E-state index is 11.7. The Labute approximate surface area is 233 Å². The molecule has 10 nitrogen and oxygen atoms in total. The summed E-state index contributed by atoms with van der Waals surface area (Å²) in [7, 11) is 1.69. The van der Waals surface area contributed by atoms with Crippen molar-refractivity contribution >= 4 is 28.1 Å². The van der Waals surface area contributed by atoms with Gasteiger partial charge in [0, 0.05) is 56.1 Å². The molecule has 5 aromatic rings. The average Bonchev–Trinajstić information content (AvgIpc) is 3.55. The van der Waals surface area contributed by atoms with E-state index in [0.29, 0.717) is 12.4 Å². The van der Waals surface area contributed by atoms with Crippen molar-refractivity contribution in [3.05, 3.63) is 78.4 Å². The van der Waals surface area contributed by atoms with Gasteiger partial charge < -0.3 is 16.0 Å². The van der Waals surface area contributed by atoms with Crippen molar-refractivity contribution in [2.24, 2.45) is 0 Å². The number of fused-ring (bicyclic) bond motifs is 2. The Morgan fingerprint density at radius 1 is 1.02 bits per heavy atom. The van der Waals surface area contributed by atoms with Gasteiger partial charge >= 0.3 is 0 Å². The molecule has 1 aliphatic rings. The first-order valence-electron chi connectivity index (χ1n) is 13.9. The highest BCUT2D eigenvalue weighted by Crippen LogP contribution is 2.32. The van der Waals surface area contributed by atoms with E-state index in [1.165, 1.54) is 11.9 Å². The number of amides is 1. The van der Waals surface area contributed by atoms with E-state index in [-0.39, 0.29) is 5.91 Å². The van der Waals surface area contributed by atoms with E-state index in [1.54, 1.807) is 7.05 Å². The fraction of sp³-hybridized carbons (Fsp3) is 0.333. The molecule has 4 heterocycles. The van der Waals surface area contributed by atoms with Crippen molar-refractivity contribution < 1.29 is 4.79 Å². The van der Waals surface area contributed by atoms with Crippen LogP contribution in [0.2, 0.25) is 0 Å². The van der Waals surface area contributed by atoms with E-state index < -0.39 is 0 Å². The minimum Gasteiger partial charge on any atom is -0.382 e. The number of nitrogens with one attached hydrogen (secondary N) is 1. The molecule has 0 spiro atoms. The number of aryl methyl sites for hydroxylation is 1. The summed E-state index contributed by atoms with van der Waals surface area (Å²) in [6.45, 7) is 5.99. The molecule has 1 saturated heterocycles. The second-order valence-corrected chi connectivity index (χ2v) is 10.4. The predicted octanol–water partition coefficient (Wildman–Crippen LogP) is 2.67. The van der Waals surface area contributed by atoms with Crippen molar-refractivity contribution in [1.82, 2.24) is 39.5 Å². The highest BCUT2D eigenvalue weighted by molar-refractivity contribution is 5.92. The quantitative estimate of drug-likeness (QED) is 0.298. The van der Waals surface area contributed by atoms with Gasteiger partial charge in [0.1, 0.15) is 11.8 Å². The number of nitrogens with zero attached hydrogens (tertiary/aromatic N) is 7. The number of nitrogens with two attached hydrogens (primary N) is 1. The van der Waals surface area contributed by atoms with Crippen LogP contribution in [0.4, 0.5) is 5.82 Å². The first kappa shape index (κ1) is 26.0. The van der Waals surface area contributed by atoms with E-state index in [0.717, 1.165) is 85.4 Å². The second kappa shape index (κ2) is 11.4. The Balaban J connectivity index is 1.17. The van der Waals surface area contributed by atoms with Crippen LogP contribution in [0, 0.1) is 0 Å². The molecule has 1 aliphatic heterocycles. The van der Waals surface area contributed by atoms with E-state index in [9.17, 15) is 4.79 Å². The minimum atomic E-state index is 0.0744. The number of carbonyl (C=O) groups excluding carboxylic acids is 1. The lowest BCUT2D eigenvalue weighted by Gasteiger charge is -2.34. The summed E-state index contributed by atoms with van der Waals surface area (Å²) in [4.78, 5) is 20.6. The van der Waals surface area contributed by atoms with Gasteiger partial charge in [-0.15, -0.1) is 0 Å². The van der Waals surface area contributed by atoms with Gasteiger partial charge in [-0.2, -0.15) is 10.2 Å². The van der Waals surface area contributed by atoms with Crippen LogP contribution in [0.15, 0.2) is 67.1 Å². The fourth-order valence-electron chi connectivity index (χ4n) is 5.55. The van der Waals surface area contributed by atoms with Crippen LogP contribution in [0.1, 0.15) is 17.7 Å². The zero-order valence-corrected chi connectivity index (χ0v) is 22.8. The van der Waals surface area contributed by atoms with Crippen LogP contribution >= 0.6 is 0 Å². The Morgan fingerprint density at radius 2 is 1.82 bits per heavy atom. The highest BCUT2D eigenvalue weighted by atomic mass is 16.1. The third-order valence-corrected chi connectivity index (χ3v) is 7.73. The molecule has 0 radical (unpaired) electrons. The number of aromatic nitrogens is 5. The molecule has 0 bridgehead atoms. The number of piperazine rings is 1. The van der Waals surface area contributed by atoms with Crippen LogP contribution in [-0.4, -0.2) is 86.4 Å². The normalized spacial score (nSPS) is 14.7. The van der Waals surface area contributed by atoms with Crippen molar-refractivity contribution in [3.8, 4) is 11.1 Å². The molecular formula is C30H35N9O. The number of nitrogen functional groups attached to an aromatic ring is 1. The molecule has 2 aromatic carbocycles. The lowest BCUT2D eigenvalue weighted by atomic mass is 10.0. The van der Waals surface area contributed by atoms with Crippen LogP contribution < -0.4 is 11.1 Å². The van der Waals surface area contributed by atoms with Crippen molar-refractivity contribution in [2.45, 2.75) is 19.4 Å². The molecule has 206 valence electrons. The van der Waals surface area contributed by atoms with Gasteiger partial charge in [0.05, 0.1) is 18.6 Å². The zero-order chi connectivity index (χ0) is 27.5. The summed E-state index contributed by atoms with van der Waals surface area (Å²) >= 11 is 0. The molecule has 0 aliphatic carbocycles. The van der Waals surface area contributed by atoms with Gasteiger partial charge in [-0.3, -0.25) is 14.4 Å². The van der Waals surface area contributed by atoms with Crippen molar-refractivity contribution in [1.29, 1.82) is 0 Å². The number of likely N-dealkylation sites (N-methyl/N-ethyl adjacent to an activating group) is 1. The number of carbonyl (C=O) groups is 1. The molecule has 6 rings (SSSR count). The predicted molar refractivity (Wildman–Crippen MR) is 157 cm³/mol. The molecule has 40 heavy (non-hydrogen) atoms. The Morgan fingerprint density at radius 3 is 2.62 bits per heavy atom. The van der Waals surface area contributed by atoms with Crippen LogP contribution in [0.5, 0.6) is 0 Å². The smallest absolute Gasteiger partial charge is 0.233 e. The molecule has 10 heteroatoms. The molecule has 0 saturated carbocycles. The maximum Gasteiger partial charge on any atom is 0.233 e. The lowest BCUT2D eigenvalue weighted by Crippen LogP contribution is -2.49. The number of anilines is 1. The monoisotopic (exact) mass is 537 g/mol. The number of hydrogen-bond donors (Lipinski definition) is 2. The Bertz CT molecular complexity index is 1620. The van der Waals surface area contributed by atoms with E-state index >= 15 is 0 Å². The number of rotatable bonds is 9. The Kier molecular flexibility index (Phi) is 7.43. The van der Waals surface area contributed by atoms with Gasteiger partial charge in [-0.1, -0.05) is 42.5 Å². The van der Waals surface area contributed by atoms with Gasteiger partial charge in [-0.25, -0.2) is 9.50 Å². The Hall–Kier alpha value is -4.28. The van der Waals surface area contributed by atoms with Gasteiger partial charge in [0.15, 0.2) is 5.82 Å². The van der Waals surface area contributed by atoms with Crippen LogP contribution in [0.25, 0.3) is 27.5 Å². The second-order valence-electron chi connectivity index (χ2n) is 10.4. The molecule has 0 atom stereocenters. The number of benzene rings is 2. The zero-order valence-electron chi connectivity index (χ0n) is 22.8. The summed E-state index contributed by atoms with van der Waals surface area (Å²) in [5, 5.41) is 13.2. The SMILES string of the molecule is CNC(=O)CN1CCN(CCCc2cc(-c3ccc4cn(Cc5ccccc5)nc4c3)c3c(N)ncnn23)CC1. The van der Waals surface area contributed by atoms with Gasteiger partial charge in [0.25, 0.3) is 0 Å². The van der Waals surface area contributed by atoms with Crippen LogP contribution in [0.3, 0.4) is 0 Å². The summed E-state index contributed by atoms with van der Waals surface area (Å²) in [5.41, 5.74) is 12.6. The minimum absolute atomic E-state index is 0.0744. The first-order valence-corrected chi connectivity index (χ1v) is 13.9. The highest BCUT2D eigenvalue weighted by Gasteiger charge is 2.20. The molecule has 3 aromatic heterocycles. The largest absolute Gasteiger partial charge is 0.382 e. The molecule has 3 N–H and O–H groups in total. The van der Waals surface area contributed by atoms with Crippen LogP contribution in [-0.2, 0) is 17.8 Å². The summed E-state index contributed by atoms with van der Waals surface area (Å²) in [6, 6.07) is 18.9. The van der Waals surface area contributed by atoms with E-state index in [2.05, 4.69) is 79.9 Å². The van der Waals surface area contributed by atoms with E-state index in [4.69, 9.17) is 10.8 Å². The summed E-state index contributed by atoms with van der Waals surface area (Å²) in [6.07, 6.45) is 5.50. The molecule has 0 unspecified atom stereocenters. The summed E-state index contributed by atoms with van der Waals surface area (Å²) in [5.74, 6) is 0.545. The van der Waals surface area contributed by atoms with Gasteiger partial charge in [-0.05, 0) is 42.6 Å². The summed E-state index contributed by atoms with van der Waals surface area (Å²) < 4.78 is 3.93. The third kappa shape index (κ3) is 5.54. The maximum absolute atomic E-state index is 11.7. The number of hydrogen-bond acceptors (Lipinski definition) is 7. The topological polar surface area (TPSA) is 110 Å². The van der Waals surface area contributed by atoms with Crippen molar-refractivity contribution in [3.63, 3.8) is 0 Å². The standard InChI is InChI=1S/C30H35N9O/c1-32-28(40)20-37-14-12-36(13-15-37)11-5-8-25-17-26(29-30(31)33-21-34-39(25)29)23-9-10-24-19-38(35-27(24)16-23)18-22-6-3-2-4-7-22/h2-4,6-7,9-10,16-17,19,21H,5,8,11-15,18,20H2,1H3,(H,32,40)(H2,31,33,34). The van der Waals surface area contributed by atoms with E-state index in [1.807, 2.05) is 15.3 Å². The molecular weight excluding hydrogens is 502 g/mol. The third-order valence-electron chi connectivity index (χ3n) is 7.73. The average molecular weight is 538 g/mol. The molecule has 1 amide bonds. The lowest BCUT2D eigenvalue weighted by molar-refractivity contribution is -0.122. The first-order chi connectivity index (χ1) is 19.6. The van der Waals surface area contributed by atoms with Crippen molar-refractivity contribution in [2.75, 3.05) is 52.0 Å². The van der Waals surface area contributed by atoms with Gasteiger partial charge in [0.2, 0.25) is 5.91 Å². The fourth-order valence-corrected chi connectivity index (χ4v) is 5.55. The molecule has 1 fully saturated rings.